The van der Waals surface area contributed by atoms with Crippen LogP contribution in [0.4, 0.5) is 71.1 Å². The molecule has 0 spiro atoms. The topological polar surface area (TPSA) is 462 Å². The van der Waals surface area contributed by atoms with Crippen molar-refractivity contribution in [3.8, 4) is 46.0 Å². The number of carbonyl (C=O) groups is 3. The zero-order valence-corrected chi connectivity index (χ0v) is 83.1. The number of anilines is 6. The van der Waals surface area contributed by atoms with Crippen LogP contribution in [0.5, 0.6) is 46.0 Å². The third kappa shape index (κ3) is 24.9. The maximum atomic E-state index is 15.3. The molecule has 22 rings (SSSR count). The number of carbonyl (C=O) groups excluding carboxylic acids is 4. The maximum Gasteiger partial charge on any atom is 1.00 e. The molecule has 15 heterocycles. The Balaban J connectivity index is 0.000000167. The predicted octanol–water partition coefficient (Wildman–Crippen LogP) is 10.8. The minimum Gasteiger partial charge on any atom is -0.870 e. The summed E-state index contributed by atoms with van der Waals surface area (Å²) in [6.45, 7) is 21.4. The van der Waals surface area contributed by atoms with Gasteiger partial charge in [0.15, 0.2) is 69.3 Å². The van der Waals surface area contributed by atoms with Gasteiger partial charge in [0.25, 0.3) is 0 Å². The fraction of sp³-hybridized carbons (Fsp3) is 0.505. The number of hydrogen-bond acceptors (Lipinski definition) is 33. The molecule has 8 bridgehead atoms. The first-order valence-electron chi connectivity index (χ1n) is 46.2. The zero-order valence-electron chi connectivity index (χ0n) is 82.4. The van der Waals surface area contributed by atoms with Gasteiger partial charge in [0, 0.05) is 121 Å². The molecular weight excluding hydrogens is 1860 g/mol. The molecule has 1 aliphatic carbocycles. The number of nitrogens with zero attached hydrogens (tertiary/aromatic N) is 13. The predicted molar refractivity (Wildman–Crippen MR) is 518 cm³/mol. The van der Waals surface area contributed by atoms with Gasteiger partial charge in [0.2, 0.25) is 23.1 Å². The summed E-state index contributed by atoms with van der Waals surface area (Å²) in [6, 6.07) is 19.6. The molecular formula is C97H124ClF6LiN21O15-. The largest absolute Gasteiger partial charge is 1.00 e. The SMILES string of the molecule is CC(C)(C)OC(=O)N1CC2CCC1CN2.CCN[C@H](CC(=O)N1CC2CCC1CN2c1nc(N)c2cc(OC)c(OC)c(F)c2n1)c1ccc(F)cc1.CCN[C@H](C[C-]=O)c1ccc(F)cc1.COc1cc2c(N)nc(C3CC4CCC3CN4)nc2c(F)c1OC.COc1cc2c(N)nc(Cl)nc2c(F)c1OC.COc1cc2c(N)nc(N3CC4CCC3CN4C(=O)OC(C)(C)C)nc2c(F)c1OC.[Li+].[OH-]. The van der Waals surface area contributed by atoms with Gasteiger partial charge >= 0.3 is 31.0 Å². The fourth-order valence-electron chi connectivity index (χ4n) is 19.0. The monoisotopic (exact) mass is 1980 g/mol. The van der Waals surface area contributed by atoms with Gasteiger partial charge < -0.3 is 126 Å². The number of amides is 3. The van der Waals surface area contributed by atoms with Gasteiger partial charge in [-0.25, -0.2) is 65.8 Å². The van der Waals surface area contributed by atoms with Crippen LogP contribution in [0.2, 0.25) is 5.28 Å². The van der Waals surface area contributed by atoms with E-state index in [1.807, 2.05) is 81.3 Å². The van der Waals surface area contributed by atoms with E-state index in [4.69, 9.17) is 81.9 Å². The summed E-state index contributed by atoms with van der Waals surface area (Å²) in [5.41, 5.74) is 25.3. The number of aromatic nitrogens is 8. The van der Waals surface area contributed by atoms with Gasteiger partial charge in [-0.05, 0) is 196 Å². The summed E-state index contributed by atoms with van der Waals surface area (Å²) in [6.07, 6.45) is 11.0. The molecule has 6 aromatic carbocycles. The standard InChI is InChI=1S/C27H32F2N6O3.C21H28FN5O4.C17H21FN4O2.C11H13FNO.C11H20N2O2.C10H9ClFN3O2.Li.H2O/c1-4-31-20(15-5-7-16(28)8-6-15)12-22(36)34-13-18-10-9-17(34)14-35(18)27-32-24-19(26(30)33-27)11-21(37-2)25(38-3)23(24)29;1-21(2,3)31-20(28)27-10-11-6-7-12(27)9-26(11)19-24-16-13(18(23)25-19)8-14(29-4)17(30-5)15(16)22;1-23-12-6-11-14(13(18)15(12)24-2)21-17(22-16(11)19)10-5-9-4-3-8(10)7-20-9;1-2-13-11(7-8-14)9-3-5-10(12)6-4-9;1-11(2,3)15-10(14)13-7-8-4-5-9(13)6-12-8;1-16-5-3-4-7(6(12)8(5)17-2)14-10(11)15-9(4)13;;/h5-8,11,17-18,20,31H,4,9-10,12-14H2,1-3H3,(H2,30,32,33);8,11-12H,6-7,9-10H2,1-5H3,(H2,23,24,25);6,8-10,20H,3-5,7H2,1-2H3,(H2,19,21,22);3-6,11,13H,2,7H2,1H3;8-9,12H,4-7H2,1-3H3;3H,1-2H3,(H2,13,14,15);;1H2/q;;;-1;;;+1;/p-1/t17?,18?,20-;;;11-;;;;/m1..1..../s1. The summed E-state index contributed by atoms with van der Waals surface area (Å²) >= 11 is 5.62. The van der Waals surface area contributed by atoms with Crippen molar-refractivity contribution < 1.29 is 117 Å². The van der Waals surface area contributed by atoms with Crippen molar-refractivity contribution in [2.24, 2.45) is 5.92 Å². The Morgan fingerprint density at radius 2 is 0.837 bits per heavy atom. The molecule has 758 valence electrons. The van der Waals surface area contributed by atoms with Crippen molar-refractivity contribution in [2.45, 2.75) is 198 Å². The van der Waals surface area contributed by atoms with E-state index < -0.39 is 28.9 Å². The van der Waals surface area contributed by atoms with Crippen LogP contribution in [0.1, 0.15) is 161 Å². The zero-order chi connectivity index (χ0) is 100. The van der Waals surface area contributed by atoms with Crippen LogP contribution < -0.4 is 111 Å². The average Bonchev–Trinajstić information content (AvgIpc) is 0.754. The number of halogens is 7. The molecule has 11 atom stereocenters. The van der Waals surface area contributed by atoms with E-state index >= 15 is 8.78 Å². The number of nitrogens with two attached hydrogens (primary N) is 4. The molecule has 13 N–H and O–H groups in total. The number of nitrogen functional groups attached to an aromatic ring is 4. The Labute approximate surface area is 831 Å². The number of benzene rings is 6. The van der Waals surface area contributed by atoms with Gasteiger partial charge in [-0.3, -0.25) is 11.1 Å². The molecule has 10 aromatic rings. The molecule has 11 aliphatic heterocycles. The number of nitrogens with one attached hydrogen (secondary N) is 4. The summed E-state index contributed by atoms with van der Waals surface area (Å²) in [5, 5.41) is 14.8. The van der Waals surface area contributed by atoms with E-state index in [9.17, 15) is 36.7 Å². The number of ether oxygens (including phenoxy) is 10. The molecule has 12 aliphatic rings. The summed E-state index contributed by atoms with van der Waals surface area (Å²) in [5.74, 6) is 0.467. The van der Waals surface area contributed by atoms with E-state index in [1.54, 1.807) is 47.4 Å². The van der Waals surface area contributed by atoms with Crippen LogP contribution in [-0.4, -0.2) is 254 Å². The Hall–Kier alpha value is -12.2. The minimum absolute atomic E-state index is 0. The number of piperazine rings is 3. The fourth-order valence-corrected chi connectivity index (χ4v) is 19.2. The van der Waals surface area contributed by atoms with E-state index in [-0.39, 0.29) is 205 Å². The molecule has 12 fully saturated rings. The van der Waals surface area contributed by atoms with Crippen molar-refractivity contribution in [3.05, 3.63) is 130 Å². The average molecular weight is 1980 g/mol. The molecule has 4 aromatic heterocycles. The number of rotatable bonds is 21. The van der Waals surface area contributed by atoms with Gasteiger partial charge in [-0.1, -0.05) is 38.1 Å². The molecule has 11 saturated heterocycles. The van der Waals surface area contributed by atoms with E-state index in [0.29, 0.717) is 102 Å². The first-order chi connectivity index (χ1) is 66.4. The van der Waals surface area contributed by atoms with Gasteiger partial charge in [0.1, 0.15) is 74.0 Å². The number of hydrogen-bond donors (Lipinski definition) is 8. The Kier molecular flexibility index (Phi) is 36.9. The minimum atomic E-state index is -0.683. The Bertz CT molecular complexity index is 6060. The summed E-state index contributed by atoms with van der Waals surface area (Å²) < 4.78 is 137. The van der Waals surface area contributed by atoms with E-state index in [2.05, 4.69) is 61.1 Å². The van der Waals surface area contributed by atoms with Crippen molar-refractivity contribution in [2.75, 3.05) is 149 Å². The van der Waals surface area contributed by atoms with Crippen LogP contribution in [0.15, 0.2) is 72.8 Å². The number of fused-ring (bicyclic) bond motifs is 16. The van der Waals surface area contributed by atoms with Crippen molar-refractivity contribution in [3.63, 3.8) is 0 Å². The van der Waals surface area contributed by atoms with E-state index in [0.717, 1.165) is 82.3 Å². The van der Waals surface area contributed by atoms with Gasteiger partial charge in [-0.15, -0.1) is 6.42 Å². The molecule has 36 nitrogen and oxygen atoms in total. The van der Waals surface area contributed by atoms with Crippen LogP contribution in [0.3, 0.4) is 0 Å². The second kappa shape index (κ2) is 47.6. The molecule has 1 saturated carbocycles. The first kappa shape index (κ1) is 109. The van der Waals surface area contributed by atoms with Gasteiger partial charge in [0.05, 0.1) is 62.9 Å². The Morgan fingerprint density at radius 1 is 0.461 bits per heavy atom. The van der Waals surface area contributed by atoms with Crippen LogP contribution in [-0.2, 0) is 19.1 Å². The summed E-state index contributed by atoms with van der Waals surface area (Å²) in [4.78, 5) is 92.3. The van der Waals surface area contributed by atoms with Crippen molar-refractivity contribution in [1.82, 2.24) is 75.8 Å². The normalized spacial score (nSPS) is 20.0. The summed E-state index contributed by atoms with van der Waals surface area (Å²) in [7, 11) is 11.2. The maximum absolute atomic E-state index is 15.3. The van der Waals surface area contributed by atoms with Crippen LogP contribution in [0, 0.1) is 40.8 Å². The van der Waals surface area contributed by atoms with Crippen molar-refractivity contribution in [1.29, 1.82) is 0 Å². The van der Waals surface area contributed by atoms with Crippen LogP contribution in [0.25, 0.3) is 43.6 Å². The molecule has 141 heavy (non-hydrogen) atoms. The van der Waals surface area contributed by atoms with E-state index in [1.165, 1.54) is 100 Å². The second-order valence-electron chi connectivity index (χ2n) is 36.8. The molecule has 44 heteroatoms. The first-order valence-corrected chi connectivity index (χ1v) is 46.6. The number of methoxy groups -OCH3 is 8. The van der Waals surface area contributed by atoms with Crippen LogP contribution >= 0.6 is 11.6 Å². The number of piperidine rings is 8. The second-order valence-corrected chi connectivity index (χ2v) is 37.2. The molecule has 0 radical (unpaired) electrons. The van der Waals surface area contributed by atoms with Gasteiger partial charge in [-0.2, -0.15) is 9.97 Å². The molecule has 9 unspecified atom stereocenters. The molecule has 3 amide bonds. The third-order valence-corrected chi connectivity index (χ3v) is 26.0. The quantitative estimate of drug-likeness (QED) is 0.0143. The smallest absolute Gasteiger partial charge is 0.870 e. The van der Waals surface area contributed by atoms with Crippen molar-refractivity contribution >= 4 is 115 Å². The third-order valence-electron chi connectivity index (χ3n) is 25.8. The Morgan fingerprint density at radius 3 is 1.19 bits per heavy atom.